The third-order valence-corrected chi connectivity index (χ3v) is 10.4. The van der Waals surface area contributed by atoms with Crippen molar-refractivity contribution in [3.63, 3.8) is 0 Å². The molecule has 7 aromatic rings. The molecule has 0 atom stereocenters. The van der Waals surface area contributed by atoms with E-state index in [1.165, 1.54) is 24.4 Å². The van der Waals surface area contributed by atoms with E-state index in [-0.39, 0.29) is 35.2 Å². The number of halogens is 2. The molecule has 0 saturated carbocycles. The van der Waals surface area contributed by atoms with Crippen LogP contribution in [0.5, 0.6) is 0 Å². The molecular formula is C50H48I2N2O11SV. The summed E-state index contributed by atoms with van der Waals surface area (Å²) >= 11 is 4.74. The van der Waals surface area contributed by atoms with Crippen molar-refractivity contribution >= 4 is 79.6 Å². The summed E-state index contributed by atoms with van der Waals surface area (Å²) in [5.41, 5.74) is 4.37. The Morgan fingerprint density at radius 1 is 0.582 bits per heavy atom. The van der Waals surface area contributed by atoms with Crippen LogP contribution in [0, 0.1) is 0 Å². The number of carboxylic acids is 1. The van der Waals surface area contributed by atoms with Crippen LogP contribution in [0.2, 0.25) is 0 Å². The number of hydrogen-bond donors (Lipinski definition) is 2. The molecular weight excluding hydrogens is 1140 g/mol. The number of H-pyrrole nitrogens is 1. The zero-order valence-corrected chi connectivity index (χ0v) is 43.2. The van der Waals surface area contributed by atoms with Crippen molar-refractivity contribution in [2.75, 3.05) is 19.8 Å². The second-order valence-corrected chi connectivity index (χ2v) is 26.7. The van der Waals surface area contributed by atoms with Gasteiger partial charge in [0, 0.05) is 23.5 Å². The van der Waals surface area contributed by atoms with E-state index in [0.717, 1.165) is 15.2 Å². The summed E-state index contributed by atoms with van der Waals surface area (Å²) in [5, 5.41) is 8.38. The van der Waals surface area contributed by atoms with E-state index in [0.29, 0.717) is 50.6 Å². The Morgan fingerprint density at radius 2 is 1.01 bits per heavy atom. The molecule has 2 aromatic heterocycles. The van der Waals surface area contributed by atoms with Gasteiger partial charge in [0.2, 0.25) is 0 Å². The Balaban J connectivity index is 0.000000246. The molecule has 0 spiro atoms. The molecule has 0 aliphatic carbocycles. The molecule has 0 aliphatic rings. The van der Waals surface area contributed by atoms with Gasteiger partial charge in [0.05, 0.1) is 52.8 Å². The van der Waals surface area contributed by atoms with Gasteiger partial charge in [0.15, 0.2) is 5.78 Å². The number of nitrogens with zero attached hydrogens (tertiary/aromatic N) is 1. The summed E-state index contributed by atoms with van der Waals surface area (Å²) in [6.07, 6.45) is 2.95. The number of aromatic amines is 1. The molecule has 2 heterocycles. The van der Waals surface area contributed by atoms with E-state index < -0.39 is 27.9 Å². The maximum absolute atomic E-state index is 13.0. The normalized spacial score (nSPS) is 9.99. The molecule has 0 fully saturated rings. The van der Waals surface area contributed by atoms with Crippen LogP contribution >= 0.6 is 40.0 Å². The van der Waals surface area contributed by atoms with Gasteiger partial charge in [0.25, 0.3) is 10.0 Å². The summed E-state index contributed by atoms with van der Waals surface area (Å²) in [4.78, 5) is 59.8. The van der Waals surface area contributed by atoms with E-state index in [4.69, 9.17) is 14.6 Å². The monoisotopic (exact) mass is 1190 g/mol. The molecule has 0 amide bonds. The minimum atomic E-state index is -3.84. The zero-order valence-electron chi connectivity index (χ0n) is 36.7. The standard InChI is InChI=1S/C19H17NO4S.C13H13NO2.C11H12O3.C7H6O2.2HI.V/c1-2-24-19(21)17-13-14-20(18(17)15-9-5-3-6-10-15)25(22,23)16-11-7-4-8-12-16;1-2-16-13(15)11-8-9-14-12(11)10-6-4-3-5-7-10;1-2-14-11(13)8-10(12)9-6-4-3-5-7-9;8-7(9)6-4-2-1-3-5-6;;;/h3-14H,2H2,1H3;3-9,14H,2H2,1H3;3-7H,2,8H2,1H3;1-5H,(H,8,9);2*1H;/q;;;;;;+2/p-2. The molecule has 0 bridgehead atoms. The van der Waals surface area contributed by atoms with E-state index in [1.54, 1.807) is 130 Å². The van der Waals surface area contributed by atoms with Gasteiger partial charge in [-0.1, -0.05) is 127 Å². The average molecular weight is 1190 g/mol. The number of carbonyl (C=O) groups is 5. The van der Waals surface area contributed by atoms with Crippen LogP contribution in [-0.2, 0) is 38.5 Å². The number of esters is 3. The number of nitrogens with one attached hydrogen (secondary N) is 1. The number of aromatic nitrogens is 2. The van der Waals surface area contributed by atoms with Gasteiger partial charge in [0.1, 0.15) is 6.42 Å². The molecule has 2 N–H and O–H groups in total. The van der Waals surface area contributed by atoms with Crippen molar-refractivity contribution in [1.29, 1.82) is 0 Å². The molecule has 0 aliphatic heterocycles. The van der Waals surface area contributed by atoms with Gasteiger partial charge in [-0.3, -0.25) is 9.59 Å². The fourth-order valence-electron chi connectivity index (χ4n) is 5.82. The third-order valence-electron chi connectivity index (χ3n) is 8.73. The topological polar surface area (TPSA) is 188 Å². The Labute approximate surface area is 419 Å². The molecule has 7 rings (SSSR count). The Bertz CT molecular complexity index is 2700. The second kappa shape index (κ2) is 30.5. The first-order valence-electron chi connectivity index (χ1n) is 20.4. The van der Waals surface area contributed by atoms with Gasteiger partial charge in [-0.05, 0) is 62.7 Å². The van der Waals surface area contributed by atoms with Crippen molar-refractivity contribution < 1.29 is 61.2 Å². The average Bonchev–Trinajstić information content (AvgIpc) is 4.04. The van der Waals surface area contributed by atoms with E-state index >= 15 is 0 Å². The molecule has 67 heavy (non-hydrogen) atoms. The van der Waals surface area contributed by atoms with Gasteiger partial charge < -0.3 is 24.3 Å². The summed E-state index contributed by atoms with van der Waals surface area (Å²) in [7, 11) is -3.21. The number of Topliss-reactive ketones (excluding diaryl/α,β-unsaturated/α-hetero) is 1. The molecule has 0 unspecified atom stereocenters. The van der Waals surface area contributed by atoms with Crippen LogP contribution in [0.4, 0.5) is 0 Å². The SMILES string of the molecule is CCOC(=O)CC(=O)c1ccccc1.CCOC(=O)c1cc[nH]c1-c1ccccc1.CCOC(=O)c1ccn(S(=O)(=O)c2ccccc2)c1-c1ccccc1.O=C(O)c1ccccc1.[I][V][I]. The maximum atomic E-state index is 13.0. The predicted octanol–water partition coefficient (Wildman–Crippen LogP) is 11.4. The van der Waals surface area contributed by atoms with Crippen LogP contribution in [0.3, 0.4) is 0 Å². The molecule has 349 valence electrons. The van der Waals surface area contributed by atoms with E-state index in [9.17, 15) is 32.4 Å². The third kappa shape index (κ3) is 18.1. The van der Waals surface area contributed by atoms with E-state index in [2.05, 4.69) is 49.7 Å². The Hall–Kier alpha value is -5.80. The Kier molecular flexibility index (Phi) is 25.3. The van der Waals surface area contributed by atoms with Gasteiger partial charge in [-0.25, -0.2) is 26.8 Å². The predicted molar refractivity (Wildman–Crippen MR) is 270 cm³/mol. The molecule has 0 saturated heterocycles. The Morgan fingerprint density at radius 3 is 1.48 bits per heavy atom. The summed E-state index contributed by atoms with van der Waals surface area (Å²) in [6, 6.07) is 47.0. The van der Waals surface area contributed by atoms with Crippen LogP contribution in [0.25, 0.3) is 22.5 Å². The first kappa shape index (κ1) is 55.5. The quantitative estimate of drug-likeness (QED) is 0.0368. The van der Waals surface area contributed by atoms with Crippen molar-refractivity contribution in [2.45, 2.75) is 32.1 Å². The number of hydrogen-bond acceptors (Lipinski definition) is 10. The summed E-state index contributed by atoms with van der Waals surface area (Å²) < 4.78 is 41.9. The van der Waals surface area contributed by atoms with Gasteiger partial charge in [-0.2, -0.15) is 0 Å². The summed E-state index contributed by atoms with van der Waals surface area (Å²) in [5.74, 6) is -2.40. The molecule has 5 aromatic carbocycles. The number of ketones is 1. The number of carboxylic acid groups (broad SMARTS) is 1. The van der Waals surface area contributed by atoms with Crippen LogP contribution < -0.4 is 0 Å². The van der Waals surface area contributed by atoms with Crippen LogP contribution in [0.15, 0.2) is 181 Å². The van der Waals surface area contributed by atoms with Crippen molar-refractivity contribution in [1.82, 2.24) is 8.96 Å². The second-order valence-electron chi connectivity index (χ2n) is 13.1. The van der Waals surface area contributed by atoms with Crippen LogP contribution in [0.1, 0.15) is 68.6 Å². The van der Waals surface area contributed by atoms with Crippen LogP contribution in [-0.4, -0.2) is 72.0 Å². The molecule has 13 nitrogen and oxygen atoms in total. The summed E-state index contributed by atoms with van der Waals surface area (Å²) in [6.45, 7) is 6.12. The van der Waals surface area contributed by atoms with Gasteiger partial charge in [-0.15, -0.1) is 0 Å². The van der Waals surface area contributed by atoms with Crippen molar-refractivity contribution in [2.24, 2.45) is 0 Å². The van der Waals surface area contributed by atoms with E-state index in [1.807, 2.05) is 42.5 Å². The fraction of sp³-hybridized carbons (Fsp3) is 0.140. The fourth-order valence-corrected chi connectivity index (χ4v) is 7.21. The number of ether oxygens (including phenoxy) is 3. The molecule has 0 radical (unpaired) electrons. The first-order chi connectivity index (χ1) is 32.3. The first-order valence-corrected chi connectivity index (χ1v) is 30.9. The van der Waals surface area contributed by atoms with Crippen molar-refractivity contribution in [3.05, 3.63) is 198 Å². The number of aromatic carboxylic acids is 1. The molecule has 17 heteroatoms. The number of carbonyl (C=O) groups excluding carboxylic acids is 4. The number of benzene rings is 5. The van der Waals surface area contributed by atoms with Crippen molar-refractivity contribution in [3.8, 4) is 22.5 Å². The number of rotatable bonds is 13. The van der Waals surface area contributed by atoms with Gasteiger partial charge >= 0.3 is 73.3 Å². The minimum absolute atomic E-state index is 0.151. The zero-order chi connectivity index (χ0) is 49.0.